The quantitative estimate of drug-likeness (QED) is 0.573. The van der Waals surface area contributed by atoms with Gasteiger partial charge >= 0.3 is 6.03 Å². The first-order valence-corrected chi connectivity index (χ1v) is 9.83. The molecular weight excluding hydrogens is 401 g/mol. The van der Waals surface area contributed by atoms with Crippen LogP contribution in [-0.2, 0) is 16.9 Å². The summed E-state index contributed by atoms with van der Waals surface area (Å²) in [6.45, 7) is 2.36. The molecule has 31 heavy (non-hydrogen) atoms. The highest BCUT2D eigenvalue weighted by atomic mass is 19.1. The molecule has 2 aliphatic rings. The lowest BCUT2D eigenvalue weighted by Gasteiger charge is -2.31. The van der Waals surface area contributed by atoms with Crippen LogP contribution in [0.4, 0.5) is 9.18 Å². The van der Waals surface area contributed by atoms with Crippen molar-refractivity contribution < 1.29 is 23.5 Å². The number of amides is 4. The summed E-state index contributed by atoms with van der Waals surface area (Å²) < 4.78 is 19.0. The summed E-state index contributed by atoms with van der Waals surface area (Å²) in [6, 6.07) is 9.77. The van der Waals surface area contributed by atoms with Gasteiger partial charge in [-0.2, -0.15) is 0 Å². The number of hydrogen-bond acceptors (Lipinski definition) is 4. The maximum Gasteiger partial charge on any atom is 0.322 e. The number of benzene rings is 2. The van der Waals surface area contributed by atoms with E-state index in [1.54, 1.807) is 18.2 Å². The van der Waals surface area contributed by atoms with Crippen molar-refractivity contribution in [3.8, 4) is 17.6 Å². The van der Waals surface area contributed by atoms with Crippen LogP contribution in [0.1, 0.15) is 34.8 Å². The highest BCUT2D eigenvalue weighted by Crippen LogP contribution is 2.32. The molecule has 0 saturated carbocycles. The predicted molar refractivity (Wildman–Crippen MR) is 109 cm³/mol. The lowest BCUT2D eigenvalue weighted by Crippen LogP contribution is -2.52. The lowest BCUT2D eigenvalue weighted by molar-refractivity contribution is -0.124. The molecule has 4 amide bonds. The molecular formula is C23H20FN3O4. The van der Waals surface area contributed by atoms with Crippen molar-refractivity contribution in [3.63, 3.8) is 0 Å². The molecule has 7 nitrogen and oxygen atoms in total. The number of nitrogens with one attached hydrogen (secondary N) is 2. The highest BCUT2D eigenvalue weighted by Gasteiger charge is 2.50. The molecule has 1 saturated heterocycles. The van der Waals surface area contributed by atoms with Gasteiger partial charge in [0.25, 0.3) is 11.8 Å². The Labute approximate surface area is 178 Å². The molecule has 2 aromatic carbocycles. The van der Waals surface area contributed by atoms with Crippen molar-refractivity contribution in [2.24, 2.45) is 0 Å². The first-order chi connectivity index (χ1) is 14.9. The van der Waals surface area contributed by atoms with Gasteiger partial charge in [0.1, 0.15) is 18.2 Å². The second-order valence-corrected chi connectivity index (χ2v) is 7.30. The van der Waals surface area contributed by atoms with E-state index in [4.69, 9.17) is 4.74 Å². The molecule has 158 valence electrons. The summed E-state index contributed by atoms with van der Waals surface area (Å²) in [6.07, 6.45) is 0.747. The zero-order valence-corrected chi connectivity index (χ0v) is 16.8. The number of imide groups is 1. The number of nitrogens with zero attached hydrogens (tertiary/aromatic N) is 1. The number of carbonyl (C=O) groups is 3. The fraction of sp³-hybridized carbons (Fsp3) is 0.261. The molecule has 2 N–H and O–H groups in total. The topological polar surface area (TPSA) is 87.7 Å². The maximum atomic E-state index is 13.4. The first-order valence-electron chi connectivity index (χ1n) is 9.83. The van der Waals surface area contributed by atoms with Crippen molar-refractivity contribution >= 4 is 17.8 Å². The Morgan fingerprint density at radius 2 is 1.90 bits per heavy atom. The van der Waals surface area contributed by atoms with Gasteiger partial charge in [0.05, 0.1) is 6.54 Å². The first kappa shape index (κ1) is 20.4. The molecule has 0 aliphatic carbocycles. The van der Waals surface area contributed by atoms with E-state index in [1.807, 2.05) is 6.92 Å². The van der Waals surface area contributed by atoms with Crippen LogP contribution in [0.5, 0.6) is 5.75 Å². The molecule has 0 aromatic heterocycles. The molecule has 1 fully saturated rings. The largest absolute Gasteiger partial charge is 0.481 e. The maximum absolute atomic E-state index is 13.4. The smallest absolute Gasteiger partial charge is 0.322 e. The summed E-state index contributed by atoms with van der Waals surface area (Å²) >= 11 is 0. The molecule has 0 spiro atoms. The van der Waals surface area contributed by atoms with E-state index < -0.39 is 23.3 Å². The van der Waals surface area contributed by atoms with Crippen molar-refractivity contribution in [1.82, 2.24) is 15.5 Å². The van der Waals surface area contributed by atoms with E-state index in [-0.39, 0.29) is 25.6 Å². The normalized spacial score (nSPS) is 19.4. The average Bonchev–Trinajstić information content (AvgIpc) is 3.21. The van der Waals surface area contributed by atoms with Gasteiger partial charge in [0.15, 0.2) is 5.54 Å². The van der Waals surface area contributed by atoms with Crippen LogP contribution in [0.15, 0.2) is 42.5 Å². The Kier molecular flexibility index (Phi) is 5.34. The lowest BCUT2D eigenvalue weighted by atomic mass is 9.89. The van der Waals surface area contributed by atoms with Crippen molar-refractivity contribution in [1.29, 1.82) is 0 Å². The minimum atomic E-state index is -1.50. The SMILES string of the molecule is CCC#CCOc1ccc2c(c1)CN(C[C@@]1(c3ccc(F)cc3)NC(=O)NC1=O)C2=O. The van der Waals surface area contributed by atoms with E-state index in [2.05, 4.69) is 22.5 Å². The fourth-order valence-electron chi connectivity index (χ4n) is 3.79. The van der Waals surface area contributed by atoms with E-state index in [0.717, 1.165) is 12.0 Å². The minimum absolute atomic E-state index is 0.0954. The van der Waals surface area contributed by atoms with Crippen molar-refractivity contribution in [2.75, 3.05) is 13.2 Å². The zero-order chi connectivity index (χ0) is 22.0. The van der Waals surface area contributed by atoms with Gasteiger partial charge in [-0.25, -0.2) is 9.18 Å². The van der Waals surface area contributed by atoms with Gasteiger partial charge in [0, 0.05) is 18.5 Å². The summed E-state index contributed by atoms with van der Waals surface area (Å²) in [7, 11) is 0. The summed E-state index contributed by atoms with van der Waals surface area (Å²) in [5.41, 5.74) is 0.146. The molecule has 0 radical (unpaired) electrons. The third-order valence-corrected chi connectivity index (χ3v) is 5.27. The Bertz CT molecular complexity index is 1120. The summed E-state index contributed by atoms with van der Waals surface area (Å²) in [5, 5.41) is 4.84. The van der Waals surface area contributed by atoms with Gasteiger partial charge in [-0.3, -0.25) is 14.9 Å². The van der Waals surface area contributed by atoms with Gasteiger partial charge in [-0.15, -0.1) is 5.92 Å². The standard InChI is InChI=1S/C23H20FN3O4/c1-2-3-4-11-31-18-9-10-19-15(12-18)13-27(20(19)28)14-23(21(29)25-22(30)26-23)16-5-7-17(24)8-6-16/h5-10,12H,2,11,13-14H2,1H3,(H2,25,26,29,30)/t23-/m0/s1. The molecule has 8 heteroatoms. The third-order valence-electron chi connectivity index (χ3n) is 5.27. The van der Waals surface area contributed by atoms with E-state index in [9.17, 15) is 18.8 Å². The van der Waals surface area contributed by atoms with Crippen LogP contribution in [0.3, 0.4) is 0 Å². The van der Waals surface area contributed by atoms with Crippen LogP contribution in [0.2, 0.25) is 0 Å². The van der Waals surface area contributed by atoms with Crippen LogP contribution in [0, 0.1) is 17.7 Å². The number of fused-ring (bicyclic) bond motifs is 1. The number of halogens is 1. The molecule has 1 atom stereocenters. The second kappa shape index (κ2) is 8.11. The second-order valence-electron chi connectivity index (χ2n) is 7.30. The van der Waals surface area contributed by atoms with E-state index in [0.29, 0.717) is 16.9 Å². The number of urea groups is 1. The Balaban J connectivity index is 1.58. The van der Waals surface area contributed by atoms with Crippen LogP contribution >= 0.6 is 0 Å². The summed E-state index contributed by atoms with van der Waals surface area (Å²) in [4.78, 5) is 39.1. The Morgan fingerprint density at radius 3 is 2.58 bits per heavy atom. The molecule has 4 rings (SSSR count). The van der Waals surface area contributed by atoms with Gasteiger partial charge in [-0.1, -0.05) is 25.0 Å². The number of ether oxygens (including phenoxy) is 1. The van der Waals surface area contributed by atoms with E-state index >= 15 is 0 Å². The minimum Gasteiger partial charge on any atom is -0.481 e. The predicted octanol–water partition coefficient (Wildman–Crippen LogP) is 2.31. The van der Waals surface area contributed by atoms with Crippen LogP contribution < -0.4 is 15.4 Å². The molecule has 2 heterocycles. The summed E-state index contributed by atoms with van der Waals surface area (Å²) in [5.74, 6) is 5.09. The fourth-order valence-corrected chi connectivity index (χ4v) is 3.79. The third kappa shape index (κ3) is 3.82. The number of carbonyl (C=O) groups excluding carboxylic acids is 3. The van der Waals surface area contributed by atoms with Gasteiger partial charge in [-0.05, 0) is 41.5 Å². The van der Waals surface area contributed by atoms with Gasteiger partial charge < -0.3 is 15.0 Å². The average molecular weight is 421 g/mol. The zero-order valence-electron chi connectivity index (χ0n) is 16.8. The van der Waals surface area contributed by atoms with Crippen molar-refractivity contribution in [3.05, 3.63) is 65.0 Å². The van der Waals surface area contributed by atoms with Crippen LogP contribution in [0.25, 0.3) is 0 Å². The number of hydrogen-bond donors (Lipinski definition) is 2. The Hall–Kier alpha value is -3.86. The molecule has 2 aromatic rings. The monoisotopic (exact) mass is 421 g/mol. The van der Waals surface area contributed by atoms with Gasteiger partial charge in [0.2, 0.25) is 0 Å². The molecule has 0 unspecified atom stereocenters. The van der Waals surface area contributed by atoms with Crippen molar-refractivity contribution in [2.45, 2.75) is 25.4 Å². The molecule has 0 bridgehead atoms. The van der Waals surface area contributed by atoms with Crippen LogP contribution in [-0.4, -0.2) is 35.9 Å². The highest BCUT2D eigenvalue weighted by molar-refractivity contribution is 6.08. The number of rotatable bonds is 5. The Morgan fingerprint density at radius 1 is 1.13 bits per heavy atom. The molecule has 2 aliphatic heterocycles. The van der Waals surface area contributed by atoms with E-state index in [1.165, 1.54) is 29.2 Å².